The van der Waals surface area contributed by atoms with Crippen molar-refractivity contribution in [3.05, 3.63) is 156 Å². The number of nitrogens with two attached hydrogens (primary N) is 1. The molecule has 0 bridgehead atoms. The Balaban J connectivity index is 1.65. The fraction of sp³-hybridized carbons (Fsp3) is 0.0294. The fourth-order valence-electron chi connectivity index (χ4n) is 5.59. The van der Waals surface area contributed by atoms with E-state index in [0.717, 1.165) is 38.0 Å². The van der Waals surface area contributed by atoms with Gasteiger partial charge in [-0.1, -0.05) is 109 Å². The van der Waals surface area contributed by atoms with Crippen molar-refractivity contribution in [2.24, 2.45) is 0 Å². The fourth-order valence-corrected chi connectivity index (χ4v) is 6.66. The third-order valence-electron chi connectivity index (χ3n) is 7.35. The van der Waals surface area contributed by atoms with Gasteiger partial charge in [-0.05, 0) is 40.3 Å². The molecule has 0 radical (unpaired) electrons. The third-order valence-corrected chi connectivity index (χ3v) is 8.47. The van der Waals surface area contributed by atoms with Crippen LogP contribution in [0.1, 0.15) is 16.7 Å². The van der Waals surface area contributed by atoms with Gasteiger partial charge in [0.25, 0.3) is 0 Å². The van der Waals surface area contributed by atoms with Crippen molar-refractivity contribution in [3.8, 4) is 10.6 Å². The number of hydrogen-bond donors (Lipinski definition) is 1. The van der Waals surface area contributed by atoms with E-state index in [2.05, 4.69) is 54.6 Å². The third kappa shape index (κ3) is 3.66. The average molecular weight is 526 g/mol. The van der Waals surface area contributed by atoms with Crippen LogP contribution in [0.15, 0.2) is 133 Å². The molecule has 3 nitrogen and oxygen atoms in total. The predicted molar refractivity (Wildman–Crippen MR) is 160 cm³/mol. The maximum Gasteiger partial charge on any atom is 0.148 e. The molecule has 188 valence electrons. The number of rotatable bonds is 5. The highest BCUT2D eigenvalue weighted by atomic mass is 32.1. The highest BCUT2D eigenvalue weighted by Crippen LogP contribution is 2.45. The number of benzene rings is 5. The molecule has 2 aromatic heterocycles. The number of hydrogen-bond acceptors (Lipinski definition) is 3. The minimum Gasteiger partial charge on any atom is -0.396 e. The van der Waals surface area contributed by atoms with Gasteiger partial charge in [0.2, 0.25) is 0 Å². The maximum absolute atomic E-state index is 15.2. The van der Waals surface area contributed by atoms with Crippen molar-refractivity contribution in [1.82, 2.24) is 9.78 Å². The molecule has 0 aliphatic rings. The van der Waals surface area contributed by atoms with Gasteiger partial charge in [-0.15, -0.1) is 11.3 Å². The number of halogens is 1. The number of nitrogen functional groups attached to an aromatic ring is 1. The van der Waals surface area contributed by atoms with Gasteiger partial charge in [-0.2, -0.15) is 5.10 Å². The van der Waals surface area contributed by atoms with Gasteiger partial charge < -0.3 is 5.73 Å². The first-order valence-electron chi connectivity index (χ1n) is 12.8. The summed E-state index contributed by atoms with van der Waals surface area (Å²) in [6, 6.07) is 44.6. The molecule has 0 amide bonds. The Hall–Kier alpha value is -4.74. The molecule has 0 saturated carbocycles. The summed E-state index contributed by atoms with van der Waals surface area (Å²) in [5.41, 5.74) is 9.90. The standard InChI is InChI=1S/C34H24FN3S/c35-28-22-30-27(21-29(28)36)33(32-20-23-12-10-11-19-31(23)39-32)37-38(30)34(24-13-4-1-5-14-24,25-15-6-2-7-16-25)26-17-8-3-9-18-26/h1-22H,36H2. The van der Waals surface area contributed by atoms with Crippen molar-refractivity contribution in [1.29, 1.82) is 0 Å². The molecule has 0 atom stereocenters. The minimum absolute atomic E-state index is 0.106. The summed E-state index contributed by atoms with van der Waals surface area (Å²) in [5, 5.41) is 7.31. The topological polar surface area (TPSA) is 43.8 Å². The number of thiophene rings is 1. The molecule has 5 aromatic carbocycles. The van der Waals surface area contributed by atoms with E-state index in [-0.39, 0.29) is 5.69 Å². The Morgan fingerprint density at radius 1 is 0.667 bits per heavy atom. The van der Waals surface area contributed by atoms with E-state index in [1.54, 1.807) is 17.4 Å². The number of anilines is 1. The lowest BCUT2D eigenvalue weighted by Gasteiger charge is -2.37. The number of nitrogens with zero attached hydrogens (tertiary/aromatic N) is 2. The molecule has 7 aromatic rings. The second-order valence-electron chi connectivity index (χ2n) is 9.61. The molecule has 0 spiro atoms. The molecule has 2 N–H and O–H groups in total. The van der Waals surface area contributed by atoms with Gasteiger partial charge in [-0.3, -0.25) is 0 Å². The maximum atomic E-state index is 15.2. The summed E-state index contributed by atoms with van der Waals surface area (Å²) in [6.07, 6.45) is 0. The molecule has 7 rings (SSSR count). The first kappa shape index (κ1) is 23.4. The van der Waals surface area contributed by atoms with Crippen LogP contribution < -0.4 is 5.73 Å². The van der Waals surface area contributed by atoms with Crippen LogP contribution in [0, 0.1) is 5.82 Å². The minimum atomic E-state index is -0.875. The van der Waals surface area contributed by atoms with Crippen molar-refractivity contribution >= 4 is 38.0 Å². The highest BCUT2D eigenvalue weighted by molar-refractivity contribution is 7.22. The zero-order valence-electron chi connectivity index (χ0n) is 21.0. The van der Waals surface area contributed by atoms with Gasteiger partial charge in [-0.25, -0.2) is 9.07 Å². The Morgan fingerprint density at radius 3 is 1.77 bits per heavy atom. The highest BCUT2D eigenvalue weighted by Gasteiger charge is 2.41. The second-order valence-corrected chi connectivity index (χ2v) is 10.7. The largest absolute Gasteiger partial charge is 0.396 e. The zero-order valence-corrected chi connectivity index (χ0v) is 21.8. The Bertz CT molecular complexity index is 1800. The summed E-state index contributed by atoms with van der Waals surface area (Å²) in [6.45, 7) is 0. The molecule has 0 aliphatic heterocycles. The van der Waals surface area contributed by atoms with Crippen molar-refractivity contribution in [2.45, 2.75) is 5.54 Å². The second kappa shape index (κ2) is 9.22. The van der Waals surface area contributed by atoms with Crippen LogP contribution in [0.3, 0.4) is 0 Å². The molecule has 5 heteroatoms. The van der Waals surface area contributed by atoms with Crippen LogP contribution in [0.5, 0.6) is 0 Å². The summed E-state index contributed by atoms with van der Waals surface area (Å²) in [4.78, 5) is 1.01. The normalized spacial score (nSPS) is 11.8. The van der Waals surface area contributed by atoms with Crippen molar-refractivity contribution < 1.29 is 4.39 Å². The summed E-state index contributed by atoms with van der Waals surface area (Å²) >= 11 is 1.68. The molecular weight excluding hydrogens is 501 g/mol. The predicted octanol–water partition coefficient (Wildman–Crippen LogP) is 8.48. The van der Waals surface area contributed by atoms with E-state index in [1.807, 2.05) is 71.4 Å². The number of aromatic nitrogens is 2. The van der Waals surface area contributed by atoms with Gasteiger partial charge >= 0.3 is 0 Å². The van der Waals surface area contributed by atoms with E-state index < -0.39 is 11.4 Å². The smallest absolute Gasteiger partial charge is 0.148 e. The summed E-state index contributed by atoms with van der Waals surface area (Å²) in [7, 11) is 0. The van der Waals surface area contributed by atoms with Crippen LogP contribution in [0.25, 0.3) is 31.6 Å². The van der Waals surface area contributed by atoms with Gasteiger partial charge in [0.15, 0.2) is 0 Å². The Kier molecular flexibility index (Phi) is 5.53. The SMILES string of the molecule is Nc1cc2c(-c3cc4ccccc4s3)nn(C(c3ccccc3)(c3ccccc3)c3ccccc3)c2cc1F. The van der Waals surface area contributed by atoms with Gasteiger partial charge in [0.05, 0.1) is 16.1 Å². The molecule has 2 heterocycles. The zero-order chi connectivity index (χ0) is 26.4. The van der Waals surface area contributed by atoms with Crippen LogP contribution in [-0.2, 0) is 5.54 Å². The molecule has 0 saturated heterocycles. The van der Waals surface area contributed by atoms with Crippen molar-refractivity contribution in [2.75, 3.05) is 5.73 Å². The van der Waals surface area contributed by atoms with Crippen LogP contribution in [0.4, 0.5) is 10.1 Å². The Labute approximate surface area is 229 Å². The molecule has 0 aliphatic carbocycles. The van der Waals surface area contributed by atoms with Crippen molar-refractivity contribution in [3.63, 3.8) is 0 Å². The average Bonchev–Trinajstić information content (AvgIpc) is 3.57. The van der Waals surface area contributed by atoms with E-state index >= 15 is 4.39 Å². The van der Waals surface area contributed by atoms with E-state index in [0.29, 0.717) is 5.52 Å². The molecule has 39 heavy (non-hydrogen) atoms. The monoisotopic (exact) mass is 525 g/mol. The quantitative estimate of drug-likeness (QED) is 0.181. The van der Waals surface area contributed by atoms with E-state index in [4.69, 9.17) is 10.8 Å². The Morgan fingerprint density at radius 2 is 1.21 bits per heavy atom. The molecule has 0 unspecified atom stereocenters. The van der Waals surface area contributed by atoms with Crippen LogP contribution in [0.2, 0.25) is 0 Å². The van der Waals surface area contributed by atoms with E-state index in [1.165, 1.54) is 10.8 Å². The number of fused-ring (bicyclic) bond motifs is 2. The molecule has 0 fully saturated rings. The van der Waals surface area contributed by atoms with Gasteiger partial charge in [0, 0.05) is 16.2 Å². The molecular formula is C34H24FN3S. The van der Waals surface area contributed by atoms with Gasteiger partial charge in [0.1, 0.15) is 17.1 Å². The van der Waals surface area contributed by atoms with Crippen LogP contribution in [-0.4, -0.2) is 9.78 Å². The first-order valence-corrected chi connectivity index (χ1v) is 13.6. The summed E-state index contributed by atoms with van der Waals surface area (Å²) in [5.74, 6) is -0.463. The lowest BCUT2D eigenvalue weighted by molar-refractivity contribution is 0.476. The lowest BCUT2D eigenvalue weighted by Crippen LogP contribution is -2.38. The summed E-state index contributed by atoms with van der Waals surface area (Å²) < 4.78 is 18.4. The van der Waals surface area contributed by atoms with Crippen LogP contribution >= 0.6 is 11.3 Å². The lowest BCUT2D eigenvalue weighted by atomic mass is 9.77. The first-order chi connectivity index (χ1) is 19.2. The van der Waals surface area contributed by atoms with E-state index in [9.17, 15) is 0 Å².